The number of ketones is 1. The molecule has 0 bridgehead atoms. The molecular weight excluding hydrogens is 404 g/mol. The zero-order chi connectivity index (χ0) is 24.1. The molecule has 172 valence electrons. The Labute approximate surface area is 181 Å². The highest BCUT2D eigenvalue weighted by Gasteiger charge is 2.35. The number of amides is 4. The molecule has 1 heterocycles. The van der Waals surface area contributed by atoms with Gasteiger partial charge in [-0.2, -0.15) is 5.10 Å². The van der Waals surface area contributed by atoms with Gasteiger partial charge in [-0.1, -0.05) is 34.6 Å². The smallest absolute Gasteiger partial charge is 0.287 e. The Hall–Kier alpha value is -3.24. The molecule has 4 amide bonds. The van der Waals surface area contributed by atoms with Crippen LogP contribution in [-0.2, 0) is 19.2 Å². The monoisotopic (exact) mass is 436 g/mol. The molecule has 11 heteroatoms. The highest BCUT2D eigenvalue weighted by molar-refractivity contribution is 6.38. The third kappa shape index (κ3) is 7.19. The quantitative estimate of drug-likeness (QED) is 0.328. The van der Waals surface area contributed by atoms with E-state index >= 15 is 0 Å². The van der Waals surface area contributed by atoms with Gasteiger partial charge < -0.3 is 21.7 Å². The molecule has 0 fully saturated rings. The van der Waals surface area contributed by atoms with Gasteiger partial charge in [0.2, 0.25) is 17.6 Å². The molecule has 0 unspecified atom stereocenters. The summed E-state index contributed by atoms with van der Waals surface area (Å²) in [6, 6.07) is -1.56. The molecule has 0 aliphatic heterocycles. The molecule has 11 nitrogen and oxygen atoms in total. The minimum Gasteiger partial charge on any atom is -0.363 e. The third-order valence-electron chi connectivity index (χ3n) is 4.60. The van der Waals surface area contributed by atoms with Crippen molar-refractivity contribution in [1.82, 2.24) is 26.1 Å². The van der Waals surface area contributed by atoms with Crippen LogP contribution in [0.5, 0.6) is 0 Å². The molecule has 1 aromatic rings. The minimum absolute atomic E-state index is 0.204. The van der Waals surface area contributed by atoms with Crippen LogP contribution < -0.4 is 21.7 Å². The second-order valence-electron chi connectivity index (χ2n) is 8.88. The summed E-state index contributed by atoms with van der Waals surface area (Å²) in [6.07, 6.45) is 0. The van der Waals surface area contributed by atoms with E-state index in [1.165, 1.54) is 6.92 Å². The van der Waals surface area contributed by atoms with Crippen LogP contribution in [-0.4, -0.2) is 57.7 Å². The predicted octanol–water partition coefficient (Wildman–Crippen LogP) is -0.437. The molecule has 0 spiro atoms. The standard InChI is InChI=1S/C20H32N6O5/c1-9(2)13(14(27)16(21)28)23-17(29)11(4)22-19(31)15(20(5,6)7)24-18(30)12-8-10(3)25-26-12/h8-9,11,13,15H,1-7H3,(H2,21,28)(H,22,31)(H,23,29)(H,24,30)(H,25,26)/t11-,13-,15+/m0/s1. The van der Waals surface area contributed by atoms with Crippen LogP contribution in [0.25, 0.3) is 0 Å². The van der Waals surface area contributed by atoms with Crippen molar-refractivity contribution in [3.63, 3.8) is 0 Å². The largest absolute Gasteiger partial charge is 0.363 e. The number of aryl methyl sites for hydroxylation is 1. The Morgan fingerprint density at radius 2 is 1.58 bits per heavy atom. The van der Waals surface area contributed by atoms with Crippen LogP contribution >= 0.6 is 0 Å². The summed E-state index contributed by atoms with van der Waals surface area (Å²) >= 11 is 0. The van der Waals surface area contributed by atoms with Crippen molar-refractivity contribution in [2.75, 3.05) is 0 Å². The summed E-state index contributed by atoms with van der Waals surface area (Å²) in [6.45, 7) is 11.7. The van der Waals surface area contributed by atoms with Crippen LogP contribution in [0.2, 0.25) is 0 Å². The molecule has 31 heavy (non-hydrogen) atoms. The SMILES string of the molecule is Cc1cc(C(=O)N[C@H](C(=O)N[C@@H](C)C(=O)N[C@H](C(=O)C(N)=O)C(C)C)C(C)(C)C)[nH]n1. The van der Waals surface area contributed by atoms with Crippen LogP contribution in [0.3, 0.4) is 0 Å². The third-order valence-corrected chi connectivity index (χ3v) is 4.60. The van der Waals surface area contributed by atoms with E-state index in [1.54, 1.807) is 47.6 Å². The second kappa shape index (κ2) is 10.2. The van der Waals surface area contributed by atoms with Crippen molar-refractivity contribution in [1.29, 1.82) is 0 Å². The fourth-order valence-corrected chi connectivity index (χ4v) is 2.75. The van der Waals surface area contributed by atoms with Gasteiger partial charge >= 0.3 is 0 Å². The lowest BCUT2D eigenvalue weighted by atomic mass is 9.85. The molecular formula is C20H32N6O5. The molecule has 0 aliphatic rings. The van der Waals surface area contributed by atoms with Crippen molar-refractivity contribution in [3.8, 4) is 0 Å². The first-order valence-corrected chi connectivity index (χ1v) is 9.92. The van der Waals surface area contributed by atoms with E-state index in [4.69, 9.17) is 5.73 Å². The van der Waals surface area contributed by atoms with E-state index in [1.807, 2.05) is 0 Å². The molecule has 1 aromatic heterocycles. The molecule has 0 saturated carbocycles. The average molecular weight is 437 g/mol. The molecule has 6 N–H and O–H groups in total. The van der Waals surface area contributed by atoms with Crippen molar-refractivity contribution in [2.24, 2.45) is 17.1 Å². The molecule has 3 atom stereocenters. The van der Waals surface area contributed by atoms with Gasteiger partial charge in [-0.3, -0.25) is 29.1 Å². The topological polar surface area (TPSA) is 176 Å². The van der Waals surface area contributed by atoms with Gasteiger partial charge in [0.25, 0.3) is 11.8 Å². The summed E-state index contributed by atoms with van der Waals surface area (Å²) in [4.78, 5) is 61.0. The number of hydrogen-bond donors (Lipinski definition) is 5. The number of primary amides is 1. The number of nitrogens with one attached hydrogen (secondary N) is 4. The van der Waals surface area contributed by atoms with E-state index in [2.05, 4.69) is 26.1 Å². The lowest BCUT2D eigenvalue weighted by Gasteiger charge is -2.31. The number of carbonyl (C=O) groups is 5. The number of nitrogens with two attached hydrogens (primary N) is 1. The summed E-state index contributed by atoms with van der Waals surface area (Å²) in [5.41, 5.74) is 5.19. The number of carbonyl (C=O) groups excluding carboxylic acids is 5. The number of nitrogens with zero attached hydrogens (tertiary/aromatic N) is 1. The van der Waals surface area contributed by atoms with Gasteiger partial charge in [0.05, 0.1) is 11.7 Å². The van der Waals surface area contributed by atoms with Crippen molar-refractivity contribution < 1.29 is 24.0 Å². The number of hydrogen-bond acceptors (Lipinski definition) is 6. The first kappa shape index (κ1) is 25.8. The summed E-state index contributed by atoms with van der Waals surface area (Å²) < 4.78 is 0. The molecule has 0 aliphatic carbocycles. The number of H-pyrrole nitrogens is 1. The summed E-state index contributed by atoms with van der Waals surface area (Å²) in [7, 11) is 0. The zero-order valence-electron chi connectivity index (χ0n) is 19.0. The maximum Gasteiger partial charge on any atom is 0.287 e. The number of aromatic nitrogens is 2. The van der Waals surface area contributed by atoms with Gasteiger partial charge in [0.15, 0.2) is 0 Å². The maximum absolute atomic E-state index is 12.9. The van der Waals surface area contributed by atoms with Crippen LogP contribution in [0.1, 0.15) is 57.7 Å². The fourth-order valence-electron chi connectivity index (χ4n) is 2.75. The normalized spacial score (nSPS) is 14.3. The molecule has 0 aromatic carbocycles. The van der Waals surface area contributed by atoms with E-state index in [9.17, 15) is 24.0 Å². The Morgan fingerprint density at radius 3 is 2.00 bits per heavy atom. The van der Waals surface area contributed by atoms with E-state index in [0.29, 0.717) is 5.69 Å². The highest BCUT2D eigenvalue weighted by atomic mass is 16.2. The van der Waals surface area contributed by atoms with E-state index in [0.717, 1.165) is 0 Å². The molecule has 1 rings (SSSR count). The summed E-state index contributed by atoms with van der Waals surface area (Å²) in [5, 5.41) is 14.1. The Kier molecular flexibility index (Phi) is 8.47. The zero-order valence-corrected chi connectivity index (χ0v) is 19.0. The highest BCUT2D eigenvalue weighted by Crippen LogP contribution is 2.20. The second-order valence-corrected chi connectivity index (χ2v) is 8.88. The van der Waals surface area contributed by atoms with Crippen LogP contribution in [0.15, 0.2) is 6.07 Å². The first-order valence-electron chi connectivity index (χ1n) is 9.92. The van der Waals surface area contributed by atoms with Crippen molar-refractivity contribution in [3.05, 3.63) is 17.5 Å². The minimum atomic E-state index is -1.15. The molecule has 0 saturated heterocycles. The van der Waals surface area contributed by atoms with Gasteiger partial charge in [0, 0.05) is 0 Å². The van der Waals surface area contributed by atoms with Gasteiger partial charge in [-0.15, -0.1) is 0 Å². The first-order chi connectivity index (χ1) is 14.1. The number of Topliss-reactive ketones (excluding diaryl/α,β-unsaturated/α-hetero) is 1. The summed E-state index contributed by atoms with van der Waals surface area (Å²) in [5.74, 6) is -4.21. The number of aromatic amines is 1. The van der Waals surface area contributed by atoms with Gasteiger partial charge in [-0.05, 0) is 31.2 Å². The van der Waals surface area contributed by atoms with Gasteiger partial charge in [-0.25, -0.2) is 0 Å². The lowest BCUT2D eigenvalue weighted by molar-refractivity contribution is -0.139. The van der Waals surface area contributed by atoms with Crippen molar-refractivity contribution in [2.45, 2.75) is 66.6 Å². The number of rotatable bonds is 9. The molecule has 0 radical (unpaired) electrons. The fraction of sp³-hybridized carbons (Fsp3) is 0.600. The van der Waals surface area contributed by atoms with Gasteiger partial charge in [0.1, 0.15) is 17.8 Å². The Bertz CT molecular complexity index is 854. The Balaban J connectivity index is 2.89. The maximum atomic E-state index is 12.9. The Morgan fingerprint density at radius 1 is 1.00 bits per heavy atom. The van der Waals surface area contributed by atoms with Crippen molar-refractivity contribution >= 4 is 29.4 Å². The van der Waals surface area contributed by atoms with E-state index in [-0.39, 0.29) is 11.6 Å². The predicted molar refractivity (Wildman–Crippen MR) is 113 cm³/mol. The van der Waals surface area contributed by atoms with E-state index < -0.39 is 53.0 Å². The van der Waals surface area contributed by atoms with Crippen LogP contribution in [0.4, 0.5) is 0 Å². The van der Waals surface area contributed by atoms with Crippen LogP contribution in [0, 0.1) is 18.3 Å². The lowest BCUT2D eigenvalue weighted by Crippen LogP contribution is -2.59. The average Bonchev–Trinajstić information content (AvgIpc) is 3.08.